The number of hydrogen-bond donors (Lipinski definition) is 2. The molecule has 1 rings (SSSR count). The van der Waals surface area contributed by atoms with Crippen LogP contribution in [0.2, 0.25) is 0 Å². The van der Waals surface area contributed by atoms with Crippen molar-refractivity contribution in [3.8, 4) is 0 Å². The number of hydrogen-bond acceptors (Lipinski definition) is 2. The van der Waals surface area contributed by atoms with Gasteiger partial charge in [0.1, 0.15) is 6.04 Å². The minimum atomic E-state index is -0.693. The van der Waals surface area contributed by atoms with Crippen molar-refractivity contribution in [2.75, 3.05) is 0 Å². The molecule has 0 radical (unpaired) electrons. The smallest absolute Gasteiger partial charge is 0.320 e. The predicted octanol–water partition coefficient (Wildman–Crippen LogP) is 3.19. The van der Waals surface area contributed by atoms with Gasteiger partial charge < -0.3 is 10.4 Å². The van der Waals surface area contributed by atoms with Crippen LogP contribution in [0.15, 0.2) is 0 Å². The Morgan fingerprint density at radius 2 is 2.00 bits per heavy atom. The molecule has 1 aliphatic rings. The van der Waals surface area contributed by atoms with Gasteiger partial charge in [-0.2, -0.15) is 0 Å². The van der Waals surface area contributed by atoms with Gasteiger partial charge in [-0.05, 0) is 32.1 Å². The largest absolute Gasteiger partial charge is 0.480 e. The van der Waals surface area contributed by atoms with Crippen molar-refractivity contribution in [1.29, 1.82) is 0 Å². The Labute approximate surface area is 105 Å². The summed E-state index contributed by atoms with van der Waals surface area (Å²) in [5, 5.41) is 12.5. The quantitative estimate of drug-likeness (QED) is 0.719. The van der Waals surface area contributed by atoms with Crippen molar-refractivity contribution in [2.24, 2.45) is 5.92 Å². The lowest BCUT2D eigenvalue weighted by atomic mass is 9.84. The third-order valence-electron chi connectivity index (χ3n) is 3.97. The van der Waals surface area contributed by atoms with Crippen LogP contribution in [0.25, 0.3) is 0 Å². The molecule has 3 heteroatoms. The second kappa shape index (κ2) is 7.70. The highest BCUT2D eigenvalue weighted by Gasteiger charge is 2.25. The van der Waals surface area contributed by atoms with Gasteiger partial charge in [0.25, 0.3) is 0 Å². The Morgan fingerprint density at radius 1 is 1.35 bits per heavy atom. The number of carboxylic acids is 1. The molecule has 2 atom stereocenters. The normalized spacial score (nSPS) is 21.1. The third-order valence-corrected chi connectivity index (χ3v) is 3.97. The van der Waals surface area contributed by atoms with Crippen LogP contribution in [0.1, 0.15) is 65.2 Å². The Morgan fingerprint density at radius 3 is 2.53 bits per heavy atom. The lowest BCUT2D eigenvalue weighted by Crippen LogP contribution is -2.45. The van der Waals surface area contributed by atoms with Gasteiger partial charge >= 0.3 is 5.97 Å². The molecule has 0 bridgehead atoms. The molecule has 3 nitrogen and oxygen atoms in total. The summed E-state index contributed by atoms with van der Waals surface area (Å²) in [6.45, 7) is 4.25. The Hall–Kier alpha value is -0.570. The monoisotopic (exact) mass is 241 g/mol. The first-order valence-electron chi connectivity index (χ1n) is 7.14. The van der Waals surface area contributed by atoms with E-state index >= 15 is 0 Å². The first kappa shape index (κ1) is 14.5. The van der Waals surface area contributed by atoms with Gasteiger partial charge in [-0.15, -0.1) is 0 Å². The van der Waals surface area contributed by atoms with Crippen LogP contribution in [-0.2, 0) is 4.79 Å². The Bertz CT molecular complexity index is 224. The molecule has 0 aromatic rings. The Balaban J connectivity index is 2.38. The molecule has 0 spiro atoms. The summed E-state index contributed by atoms with van der Waals surface area (Å²) in [5.41, 5.74) is 0. The summed E-state index contributed by atoms with van der Waals surface area (Å²) in [6, 6.07) is -0.0138. The highest BCUT2D eigenvalue weighted by Crippen LogP contribution is 2.26. The number of carbonyl (C=O) groups is 1. The fourth-order valence-electron chi connectivity index (χ4n) is 2.77. The first-order valence-corrected chi connectivity index (χ1v) is 7.14. The molecule has 100 valence electrons. The van der Waals surface area contributed by atoms with Crippen molar-refractivity contribution < 1.29 is 9.90 Å². The lowest BCUT2D eigenvalue weighted by molar-refractivity contribution is -0.140. The third kappa shape index (κ3) is 5.07. The van der Waals surface area contributed by atoms with Gasteiger partial charge in [0.2, 0.25) is 0 Å². The topological polar surface area (TPSA) is 49.3 Å². The van der Waals surface area contributed by atoms with E-state index in [0.29, 0.717) is 12.0 Å². The molecule has 0 heterocycles. The fraction of sp³-hybridized carbons (Fsp3) is 0.929. The van der Waals surface area contributed by atoms with Crippen LogP contribution in [-0.4, -0.2) is 23.2 Å². The number of rotatable bonds is 7. The van der Waals surface area contributed by atoms with Gasteiger partial charge in [0.05, 0.1) is 0 Å². The van der Waals surface area contributed by atoms with Gasteiger partial charge in [0.15, 0.2) is 0 Å². The van der Waals surface area contributed by atoms with Crippen LogP contribution in [0, 0.1) is 5.92 Å². The van der Waals surface area contributed by atoms with Crippen molar-refractivity contribution in [3.63, 3.8) is 0 Å². The van der Waals surface area contributed by atoms with Crippen LogP contribution in [0.5, 0.6) is 0 Å². The molecule has 0 aromatic heterocycles. The molecule has 1 unspecified atom stereocenters. The average molecular weight is 241 g/mol. The lowest BCUT2D eigenvalue weighted by Gasteiger charge is -2.30. The zero-order valence-corrected chi connectivity index (χ0v) is 11.2. The highest BCUT2D eigenvalue weighted by atomic mass is 16.4. The number of carboxylic acid groups (broad SMARTS) is 1. The van der Waals surface area contributed by atoms with E-state index in [4.69, 9.17) is 0 Å². The van der Waals surface area contributed by atoms with Crippen molar-refractivity contribution in [1.82, 2.24) is 5.32 Å². The van der Waals surface area contributed by atoms with Crippen LogP contribution in [0.4, 0.5) is 0 Å². The van der Waals surface area contributed by atoms with Crippen LogP contribution in [0.3, 0.4) is 0 Å². The van der Waals surface area contributed by atoms with Crippen molar-refractivity contribution in [3.05, 3.63) is 0 Å². The zero-order valence-electron chi connectivity index (χ0n) is 11.2. The van der Waals surface area contributed by atoms with E-state index in [1.54, 1.807) is 0 Å². The SMILES string of the molecule is CCCCC(N[C@H](C)C1CCCCC1)C(=O)O. The van der Waals surface area contributed by atoms with E-state index in [1.165, 1.54) is 32.1 Å². The molecule has 0 saturated heterocycles. The molecule has 17 heavy (non-hydrogen) atoms. The van der Waals surface area contributed by atoms with E-state index in [2.05, 4.69) is 19.2 Å². The average Bonchev–Trinajstić information content (AvgIpc) is 2.35. The zero-order chi connectivity index (χ0) is 12.7. The summed E-state index contributed by atoms with van der Waals surface area (Å²) < 4.78 is 0. The van der Waals surface area contributed by atoms with E-state index < -0.39 is 5.97 Å². The van der Waals surface area contributed by atoms with Gasteiger partial charge in [0, 0.05) is 6.04 Å². The number of nitrogens with one attached hydrogen (secondary N) is 1. The van der Waals surface area contributed by atoms with Gasteiger partial charge in [-0.3, -0.25) is 4.79 Å². The highest BCUT2D eigenvalue weighted by molar-refractivity contribution is 5.73. The summed E-state index contributed by atoms with van der Waals surface area (Å²) >= 11 is 0. The molecular weight excluding hydrogens is 214 g/mol. The second-order valence-electron chi connectivity index (χ2n) is 5.39. The molecule has 1 saturated carbocycles. The van der Waals surface area contributed by atoms with Gasteiger partial charge in [-0.1, -0.05) is 39.0 Å². The fourth-order valence-corrected chi connectivity index (χ4v) is 2.77. The number of aliphatic carboxylic acids is 1. The van der Waals surface area contributed by atoms with E-state index in [0.717, 1.165) is 19.3 Å². The minimum Gasteiger partial charge on any atom is -0.480 e. The molecule has 2 N–H and O–H groups in total. The summed E-state index contributed by atoms with van der Waals surface area (Å²) in [6.07, 6.45) is 9.28. The first-order chi connectivity index (χ1) is 8.15. The maximum absolute atomic E-state index is 11.2. The van der Waals surface area contributed by atoms with E-state index in [9.17, 15) is 9.90 Å². The molecule has 0 aromatic carbocycles. The Kier molecular flexibility index (Phi) is 6.56. The standard InChI is InChI=1S/C14H27NO2/c1-3-4-10-13(14(16)17)15-11(2)12-8-6-5-7-9-12/h11-13,15H,3-10H2,1-2H3,(H,16,17)/t11-,13?/m1/s1. The summed E-state index contributed by atoms with van der Waals surface area (Å²) in [4.78, 5) is 11.2. The summed E-state index contributed by atoms with van der Waals surface area (Å²) in [7, 11) is 0. The minimum absolute atomic E-state index is 0.341. The van der Waals surface area contributed by atoms with E-state index in [-0.39, 0.29) is 6.04 Å². The molecular formula is C14H27NO2. The molecule has 1 aliphatic carbocycles. The predicted molar refractivity (Wildman–Crippen MR) is 70.1 cm³/mol. The van der Waals surface area contributed by atoms with Crippen LogP contribution >= 0.6 is 0 Å². The van der Waals surface area contributed by atoms with Crippen LogP contribution < -0.4 is 5.32 Å². The molecule has 1 fully saturated rings. The summed E-state index contributed by atoms with van der Waals surface area (Å²) in [5.74, 6) is -0.0201. The second-order valence-corrected chi connectivity index (χ2v) is 5.39. The van der Waals surface area contributed by atoms with Gasteiger partial charge in [-0.25, -0.2) is 0 Å². The van der Waals surface area contributed by atoms with E-state index in [1.807, 2.05) is 0 Å². The van der Waals surface area contributed by atoms with Crippen molar-refractivity contribution >= 4 is 5.97 Å². The molecule has 0 aliphatic heterocycles. The maximum Gasteiger partial charge on any atom is 0.320 e. The van der Waals surface area contributed by atoms with Crippen molar-refractivity contribution in [2.45, 2.75) is 77.3 Å². The molecule has 0 amide bonds. The number of unbranched alkanes of at least 4 members (excludes halogenated alkanes) is 1. The maximum atomic E-state index is 11.2.